The lowest BCUT2D eigenvalue weighted by Crippen LogP contribution is -2.52. The van der Waals surface area contributed by atoms with Crippen LogP contribution >= 0.6 is 12.2 Å². The highest BCUT2D eigenvalue weighted by Gasteiger charge is 2.32. The zero-order chi connectivity index (χ0) is 17.0. The van der Waals surface area contributed by atoms with Crippen LogP contribution in [0.15, 0.2) is 21.6 Å². The molecule has 1 N–H and O–H groups in total. The molecule has 0 radical (unpaired) electrons. The van der Waals surface area contributed by atoms with Crippen molar-refractivity contribution in [3.05, 3.63) is 17.9 Å². The Morgan fingerprint density at radius 1 is 1.35 bits per heavy atom. The number of esters is 1. The first-order valence-electron chi connectivity index (χ1n) is 7.14. The van der Waals surface area contributed by atoms with Gasteiger partial charge in [0.05, 0.1) is 6.61 Å². The van der Waals surface area contributed by atoms with Crippen molar-refractivity contribution in [2.75, 3.05) is 39.8 Å². The van der Waals surface area contributed by atoms with Crippen molar-refractivity contribution in [2.24, 2.45) is 0 Å². The van der Waals surface area contributed by atoms with E-state index in [1.165, 1.54) is 16.4 Å². The maximum absolute atomic E-state index is 12.5. The van der Waals surface area contributed by atoms with Crippen LogP contribution in [-0.2, 0) is 14.8 Å². The Labute approximate surface area is 140 Å². The van der Waals surface area contributed by atoms with Crippen molar-refractivity contribution in [1.82, 2.24) is 14.5 Å². The summed E-state index contributed by atoms with van der Waals surface area (Å²) in [6, 6.07) is 2.57. The first kappa shape index (κ1) is 17.7. The summed E-state index contributed by atoms with van der Waals surface area (Å²) in [5.74, 6) is -0.807. The molecule has 0 unspecified atom stereocenters. The van der Waals surface area contributed by atoms with Gasteiger partial charge in [-0.15, -0.1) is 0 Å². The number of piperazine rings is 1. The molecular formula is C13H19N3O5S2. The maximum Gasteiger partial charge on any atom is 0.374 e. The summed E-state index contributed by atoms with van der Waals surface area (Å²) in [5, 5.41) is 3.20. The third-order valence-corrected chi connectivity index (χ3v) is 5.63. The highest BCUT2D eigenvalue weighted by atomic mass is 32.2. The Hall–Kier alpha value is -1.65. The molecule has 128 valence electrons. The van der Waals surface area contributed by atoms with Crippen molar-refractivity contribution in [2.45, 2.75) is 12.0 Å². The molecule has 8 nitrogen and oxygen atoms in total. The van der Waals surface area contributed by atoms with Crippen LogP contribution in [0.2, 0.25) is 0 Å². The standard InChI is InChI=1S/C13H19N3O5S2/c1-3-20-12(17)10-4-5-11(21-10)23(18,19)16-8-6-15(7-9-16)13(22)14-2/h4-5H,3,6-9H2,1-2H3,(H,14,22). The largest absolute Gasteiger partial charge is 0.460 e. The minimum atomic E-state index is -3.78. The summed E-state index contributed by atoms with van der Waals surface area (Å²) >= 11 is 5.13. The second kappa shape index (κ2) is 7.28. The van der Waals surface area contributed by atoms with E-state index in [1.807, 2.05) is 4.90 Å². The third-order valence-electron chi connectivity index (χ3n) is 3.39. The van der Waals surface area contributed by atoms with Gasteiger partial charge >= 0.3 is 5.97 Å². The lowest BCUT2D eigenvalue weighted by molar-refractivity contribution is 0.0483. The quantitative estimate of drug-likeness (QED) is 0.603. The van der Waals surface area contributed by atoms with Gasteiger partial charge in [-0.05, 0) is 31.3 Å². The van der Waals surface area contributed by atoms with Crippen molar-refractivity contribution < 1.29 is 22.4 Å². The lowest BCUT2D eigenvalue weighted by Gasteiger charge is -2.34. The monoisotopic (exact) mass is 361 g/mol. The normalized spacial score (nSPS) is 16.2. The van der Waals surface area contributed by atoms with Crippen LogP contribution in [0.1, 0.15) is 17.5 Å². The van der Waals surface area contributed by atoms with E-state index in [2.05, 4.69) is 5.32 Å². The third kappa shape index (κ3) is 3.82. The van der Waals surface area contributed by atoms with E-state index in [0.717, 1.165) is 0 Å². The average Bonchev–Trinajstić information content (AvgIpc) is 3.05. The van der Waals surface area contributed by atoms with E-state index in [9.17, 15) is 13.2 Å². The molecule has 0 aliphatic carbocycles. The van der Waals surface area contributed by atoms with Gasteiger partial charge in [0.1, 0.15) is 0 Å². The Bertz CT molecular complexity index is 678. The van der Waals surface area contributed by atoms with Gasteiger partial charge in [0, 0.05) is 33.2 Å². The Morgan fingerprint density at radius 3 is 2.57 bits per heavy atom. The number of nitrogens with zero attached hydrogens (tertiary/aromatic N) is 2. The number of furan rings is 1. The topological polar surface area (TPSA) is 92.1 Å². The Kier molecular flexibility index (Phi) is 5.60. The molecule has 0 spiro atoms. The summed E-state index contributed by atoms with van der Waals surface area (Å²) in [6.45, 7) is 3.41. The fraction of sp³-hybridized carbons (Fsp3) is 0.538. The predicted octanol–water partition coefficient (Wildman–Crippen LogP) is 0.267. The number of hydrogen-bond acceptors (Lipinski definition) is 6. The second-order valence-corrected chi connectivity index (χ2v) is 7.04. The summed E-state index contributed by atoms with van der Waals surface area (Å²) in [7, 11) is -2.05. The number of hydrogen-bond donors (Lipinski definition) is 1. The molecule has 1 aliphatic rings. The molecule has 0 bridgehead atoms. The van der Waals surface area contributed by atoms with Crippen LogP contribution in [0.3, 0.4) is 0 Å². The molecule has 2 rings (SSSR count). The fourth-order valence-electron chi connectivity index (χ4n) is 2.19. The van der Waals surface area contributed by atoms with Gasteiger partial charge in [-0.1, -0.05) is 0 Å². The van der Waals surface area contributed by atoms with Crippen LogP contribution in [0, 0.1) is 0 Å². The van der Waals surface area contributed by atoms with E-state index < -0.39 is 16.0 Å². The summed E-state index contributed by atoms with van der Waals surface area (Å²) < 4.78 is 36.3. The van der Waals surface area contributed by atoms with Gasteiger partial charge in [0.15, 0.2) is 5.11 Å². The number of sulfonamides is 1. The van der Waals surface area contributed by atoms with E-state index in [4.69, 9.17) is 21.4 Å². The molecule has 1 aromatic rings. The molecule has 2 heterocycles. The molecule has 0 atom stereocenters. The van der Waals surface area contributed by atoms with Crippen LogP contribution in [0.25, 0.3) is 0 Å². The molecule has 23 heavy (non-hydrogen) atoms. The van der Waals surface area contributed by atoms with Crippen LogP contribution in [-0.4, -0.2) is 68.5 Å². The van der Waals surface area contributed by atoms with Crippen molar-refractivity contribution in [3.8, 4) is 0 Å². The summed E-state index contributed by atoms with van der Waals surface area (Å²) in [6.07, 6.45) is 0. The summed E-state index contributed by atoms with van der Waals surface area (Å²) in [5.41, 5.74) is 0. The summed E-state index contributed by atoms with van der Waals surface area (Å²) in [4.78, 5) is 13.5. The fourth-order valence-corrected chi connectivity index (χ4v) is 3.70. The lowest BCUT2D eigenvalue weighted by atomic mass is 10.4. The van der Waals surface area contributed by atoms with E-state index in [-0.39, 0.29) is 17.5 Å². The van der Waals surface area contributed by atoms with Crippen LogP contribution in [0.5, 0.6) is 0 Å². The highest BCUT2D eigenvalue weighted by molar-refractivity contribution is 7.89. The SMILES string of the molecule is CCOC(=O)c1ccc(S(=O)(=O)N2CCN(C(=S)NC)CC2)o1. The Morgan fingerprint density at radius 2 is 2.00 bits per heavy atom. The smallest absolute Gasteiger partial charge is 0.374 e. The van der Waals surface area contributed by atoms with Crippen LogP contribution < -0.4 is 5.32 Å². The highest BCUT2D eigenvalue weighted by Crippen LogP contribution is 2.20. The molecule has 0 saturated carbocycles. The molecule has 0 amide bonds. The Balaban J connectivity index is 2.08. The molecule has 1 saturated heterocycles. The molecule has 1 fully saturated rings. The zero-order valence-corrected chi connectivity index (χ0v) is 14.6. The molecule has 1 aliphatic heterocycles. The maximum atomic E-state index is 12.5. The number of carbonyl (C=O) groups excluding carboxylic acids is 1. The van der Waals surface area contributed by atoms with Gasteiger partial charge in [-0.2, -0.15) is 4.31 Å². The van der Waals surface area contributed by atoms with Crippen LogP contribution in [0.4, 0.5) is 0 Å². The first-order valence-corrected chi connectivity index (χ1v) is 8.98. The number of ether oxygens (including phenoxy) is 1. The number of nitrogens with one attached hydrogen (secondary N) is 1. The first-order chi connectivity index (χ1) is 10.9. The van der Waals surface area contributed by atoms with Gasteiger partial charge in [0.2, 0.25) is 10.9 Å². The van der Waals surface area contributed by atoms with Gasteiger partial charge in [-0.25, -0.2) is 13.2 Å². The second-order valence-electron chi connectivity index (χ2n) is 4.79. The van der Waals surface area contributed by atoms with Crippen molar-refractivity contribution >= 4 is 33.3 Å². The number of carbonyl (C=O) groups is 1. The predicted molar refractivity (Wildman–Crippen MR) is 86.7 cm³/mol. The molecule has 1 aromatic heterocycles. The molecule has 10 heteroatoms. The van der Waals surface area contributed by atoms with Gasteiger partial charge in [0.25, 0.3) is 10.0 Å². The minimum absolute atomic E-state index is 0.125. The average molecular weight is 361 g/mol. The van der Waals surface area contributed by atoms with E-state index in [1.54, 1.807) is 14.0 Å². The van der Waals surface area contributed by atoms with Crippen molar-refractivity contribution in [1.29, 1.82) is 0 Å². The number of rotatable bonds is 4. The van der Waals surface area contributed by atoms with E-state index in [0.29, 0.717) is 31.3 Å². The molecule has 0 aromatic carbocycles. The van der Waals surface area contributed by atoms with Crippen molar-refractivity contribution in [3.63, 3.8) is 0 Å². The zero-order valence-electron chi connectivity index (χ0n) is 12.9. The van der Waals surface area contributed by atoms with E-state index >= 15 is 0 Å². The number of thiocarbonyl (C=S) groups is 1. The van der Waals surface area contributed by atoms with Gasteiger partial charge in [-0.3, -0.25) is 0 Å². The minimum Gasteiger partial charge on any atom is -0.460 e. The van der Waals surface area contributed by atoms with Gasteiger partial charge < -0.3 is 19.4 Å². The molecular weight excluding hydrogens is 342 g/mol.